The number of amides is 1. The van der Waals surface area contributed by atoms with Crippen LogP contribution >= 0.6 is 11.6 Å². The number of carbonyl (C=O) groups excluding carboxylic acids is 1. The van der Waals surface area contributed by atoms with Crippen LogP contribution in [0.15, 0.2) is 24.3 Å². The van der Waals surface area contributed by atoms with E-state index < -0.39 is 23.7 Å². The minimum absolute atomic E-state index is 0.341. The molecule has 0 aliphatic carbocycles. The number of aliphatic carboxylic acids is 1. The van der Waals surface area contributed by atoms with E-state index in [1.54, 1.807) is 58.9 Å². The average molecular weight is 328 g/mol. The van der Waals surface area contributed by atoms with Crippen molar-refractivity contribution >= 4 is 23.7 Å². The van der Waals surface area contributed by atoms with Gasteiger partial charge >= 0.3 is 12.1 Å². The molecule has 0 saturated carbocycles. The molecule has 122 valence electrons. The number of hydrogen-bond donors (Lipinski definition) is 1. The molecule has 1 amide bonds. The molecule has 5 nitrogen and oxygen atoms in total. The van der Waals surface area contributed by atoms with E-state index in [1.165, 1.54) is 4.90 Å². The van der Waals surface area contributed by atoms with Gasteiger partial charge in [0, 0.05) is 11.1 Å². The highest BCUT2D eigenvalue weighted by atomic mass is 35.5. The third kappa shape index (κ3) is 4.91. The number of carbonyl (C=O) groups is 2. The number of hydrogen-bond acceptors (Lipinski definition) is 3. The second kappa shape index (κ2) is 7.01. The Morgan fingerprint density at radius 3 is 2.05 bits per heavy atom. The van der Waals surface area contributed by atoms with E-state index >= 15 is 0 Å². The van der Waals surface area contributed by atoms with Gasteiger partial charge in [0.1, 0.15) is 5.60 Å². The first kappa shape index (κ1) is 18.3. The summed E-state index contributed by atoms with van der Waals surface area (Å²) in [6.07, 6.45) is -0.662. The molecular weight excluding hydrogens is 306 g/mol. The van der Waals surface area contributed by atoms with Crippen molar-refractivity contribution < 1.29 is 19.4 Å². The molecule has 0 saturated heterocycles. The summed E-state index contributed by atoms with van der Waals surface area (Å²) in [6, 6.07) is 4.92. The Morgan fingerprint density at radius 1 is 1.18 bits per heavy atom. The first-order valence-electron chi connectivity index (χ1n) is 7.02. The minimum atomic E-state index is -1.13. The van der Waals surface area contributed by atoms with Crippen LogP contribution in [0.25, 0.3) is 0 Å². The highest BCUT2D eigenvalue weighted by Gasteiger charge is 2.35. The summed E-state index contributed by atoms with van der Waals surface area (Å²) < 4.78 is 5.34. The molecule has 1 atom stereocenters. The Labute approximate surface area is 135 Å². The number of nitrogens with zero attached hydrogens (tertiary/aromatic N) is 1. The predicted molar refractivity (Wildman–Crippen MR) is 85.0 cm³/mol. The standard InChI is InChI=1S/C16H22ClNO4/c1-10(2)18(15(21)22-16(3,4)5)13(14(19)20)11-6-8-12(17)9-7-11/h6-10,13H,1-5H3,(H,19,20)/t13-/m1/s1. The summed E-state index contributed by atoms with van der Waals surface area (Å²) in [5.41, 5.74) is -0.232. The van der Waals surface area contributed by atoms with Crippen molar-refractivity contribution in [1.82, 2.24) is 4.90 Å². The van der Waals surface area contributed by atoms with Crippen molar-refractivity contribution in [2.45, 2.75) is 52.3 Å². The lowest BCUT2D eigenvalue weighted by Gasteiger charge is -2.34. The maximum atomic E-state index is 12.4. The molecule has 0 spiro atoms. The smallest absolute Gasteiger partial charge is 0.411 e. The average Bonchev–Trinajstić information content (AvgIpc) is 2.33. The zero-order valence-electron chi connectivity index (χ0n) is 13.5. The largest absolute Gasteiger partial charge is 0.479 e. The number of ether oxygens (including phenoxy) is 1. The van der Waals surface area contributed by atoms with Crippen molar-refractivity contribution in [1.29, 1.82) is 0 Å². The van der Waals surface area contributed by atoms with Gasteiger partial charge in [-0.2, -0.15) is 0 Å². The van der Waals surface area contributed by atoms with Crippen molar-refractivity contribution in [3.8, 4) is 0 Å². The van der Waals surface area contributed by atoms with Crippen LogP contribution in [0.2, 0.25) is 5.02 Å². The lowest BCUT2D eigenvalue weighted by molar-refractivity contribution is -0.144. The summed E-state index contributed by atoms with van der Waals surface area (Å²) in [6.45, 7) is 8.70. The summed E-state index contributed by atoms with van der Waals surface area (Å²) in [4.78, 5) is 25.3. The fraction of sp³-hybridized carbons (Fsp3) is 0.500. The summed E-state index contributed by atoms with van der Waals surface area (Å²) in [5.74, 6) is -1.12. The fourth-order valence-electron chi connectivity index (χ4n) is 2.00. The molecule has 0 unspecified atom stereocenters. The Morgan fingerprint density at radius 2 is 1.68 bits per heavy atom. The second-order valence-electron chi connectivity index (χ2n) is 6.27. The van der Waals surface area contributed by atoms with Gasteiger partial charge in [-0.1, -0.05) is 23.7 Å². The minimum Gasteiger partial charge on any atom is -0.479 e. The molecule has 22 heavy (non-hydrogen) atoms. The maximum Gasteiger partial charge on any atom is 0.411 e. The topological polar surface area (TPSA) is 66.8 Å². The molecule has 0 fully saturated rings. The molecule has 1 aromatic rings. The van der Waals surface area contributed by atoms with Gasteiger partial charge in [0.25, 0.3) is 0 Å². The number of benzene rings is 1. The van der Waals surface area contributed by atoms with Crippen LogP contribution in [0, 0.1) is 0 Å². The third-order valence-corrected chi connectivity index (χ3v) is 3.11. The second-order valence-corrected chi connectivity index (χ2v) is 6.71. The van der Waals surface area contributed by atoms with Crippen molar-refractivity contribution in [3.63, 3.8) is 0 Å². The number of carboxylic acids is 1. The first-order valence-corrected chi connectivity index (χ1v) is 7.40. The molecule has 0 aliphatic heterocycles. The van der Waals surface area contributed by atoms with Crippen LogP contribution in [-0.4, -0.2) is 33.7 Å². The lowest BCUT2D eigenvalue weighted by Crippen LogP contribution is -2.45. The summed E-state index contributed by atoms with van der Waals surface area (Å²) in [7, 11) is 0. The van der Waals surface area contributed by atoms with Gasteiger partial charge in [0.2, 0.25) is 0 Å². The van der Waals surface area contributed by atoms with Crippen molar-refractivity contribution in [2.24, 2.45) is 0 Å². The van der Waals surface area contributed by atoms with Crippen molar-refractivity contribution in [3.05, 3.63) is 34.9 Å². The molecule has 0 heterocycles. The summed E-state index contributed by atoms with van der Waals surface area (Å²) >= 11 is 5.84. The Bertz CT molecular complexity index is 534. The lowest BCUT2D eigenvalue weighted by atomic mass is 10.0. The zero-order valence-corrected chi connectivity index (χ0v) is 14.2. The van der Waals surface area contributed by atoms with Gasteiger partial charge in [-0.15, -0.1) is 0 Å². The van der Waals surface area contributed by atoms with Gasteiger partial charge in [-0.25, -0.2) is 9.59 Å². The van der Waals surface area contributed by atoms with E-state index in [9.17, 15) is 14.7 Å². The normalized spacial score (nSPS) is 12.9. The summed E-state index contributed by atoms with van der Waals surface area (Å²) in [5, 5.41) is 10.1. The van der Waals surface area contributed by atoms with E-state index in [-0.39, 0.29) is 6.04 Å². The predicted octanol–water partition coefficient (Wildman–Crippen LogP) is 4.11. The highest BCUT2D eigenvalue weighted by Crippen LogP contribution is 2.27. The molecule has 6 heteroatoms. The molecule has 0 aliphatic rings. The monoisotopic (exact) mass is 327 g/mol. The van der Waals surface area contributed by atoms with Crippen LogP contribution in [-0.2, 0) is 9.53 Å². The van der Waals surface area contributed by atoms with Gasteiger partial charge < -0.3 is 9.84 Å². The van der Waals surface area contributed by atoms with Crippen LogP contribution in [0.3, 0.4) is 0 Å². The Hall–Kier alpha value is -1.75. The third-order valence-electron chi connectivity index (χ3n) is 2.86. The highest BCUT2D eigenvalue weighted by molar-refractivity contribution is 6.30. The molecule has 1 rings (SSSR count). The van der Waals surface area contributed by atoms with E-state index in [2.05, 4.69) is 0 Å². The van der Waals surface area contributed by atoms with Gasteiger partial charge in [-0.3, -0.25) is 4.90 Å². The van der Waals surface area contributed by atoms with Gasteiger partial charge in [-0.05, 0) is 52.3 Å². The molecule has 0 aromatic heterocycles. The molecule has 1 N–H and O–H groups in total. The number of halogens is 1. The quantitative estimate of drug-likeness (QED) is 0.903. The van der Waals surface area contributed by atoms with E-state index in [0.717, 1.165) is 0 Å². The van der Waals surface area contributed by atoms with Gasteiger partial charge in [0.05, 0.1) is 0 Å². The first-order chi connectivity index (χ1) is 10.0. The molecule has 0 radical (unpaired) electrons. The Kier molecular flexibility index (Phi) is 5.83. The molecule has 0 bridgehead atoms. The number of rotatable bonds is 4. The molecule has 1 aromatic carbocycles. The van der Waals surface area contributed by atoms with E-state index in [4.69, 9.17) is 16.3 Å². The Balaban J connectivity index is 3.21. The van der Waals surface area contributed by atoms with Gasteiger partial charge in [0.15, 0.2) is 6.04 Å². The zero-order chi connectivity index (χ0) is 17.1. The van der Waals surface area contributed by atoms with Crippen LogP contribution in [0.1, 0.15) is 46.2 Å². The van der Waals surface area contributed by atoms with E-state index in [0.29, 0.717) is 10.6 Å². The van der Waals surface area contributed by atoms with Crippen LogP contribution < -0.4 is 0 Å². The maximum absolute atomic E-state index is 12.4. The number of carboxylic acid groups (broad SMARTS) is 1. The van der Waals surface area contributed by atoms with E-state index in [1.807, 2.05) is 0 Å². The fourth-order valence-corrected chi connectivity index (χ4v) is 2.12. The molecular formula is C16H22ClNO4. The van der Waals surface area contributed by atoms with Crippen LogP contribution in [0.5, 0.6) is 0 Å². The SMILES string of the molecule is CC(C)N(C(=O)OC(C)(C)C)[C@@H](C(=O)O)c1ccc(Cl)cc1. The van der Waals surface area contributed by atoms with Crippen molar-refractivity contribution in [2.75, 3.05) is 0 Å². The van der Waals surface area contributed by atoms with Crippen LogP contribution in [0.4, 0.5) is 4.79 Å².